The summed E-state index contributed by atoms with van der Waals surface area (Å²) in [5, 5.41) is -1.70. The highest BCUT2D eigenvalue weighted by Gasteiger charge is 2.49. The average Bonchev–Trinajstić information content (AvgIpc) is 2.83. The summed E-state index contributed by atoms with van der Waals surface area (Å²) in [5.74, 6) is -1.01. The van der Waals surface area contributed by atoms with Crippen LogP contribution in [0, 0.1) is 0 Å². The quantitative estimate of drug-likeness (QED) is 0.787. The Labute approximate surface area is 143 Å². The molecule has 1 heterocycles. The Morgan fingerprint density at radius 3 is 2.08 bits per heavy atom. The van der Waals surface area contributed by atoms with E-state index in [9.17, 15) is 18.0 Å². The van der Waals surface area contributed by atoms with Crippen molar-refractivity contribution < 1.29 is 18.0 Å². The van der Waals surface area contributed by atoms with Gasteiger partial charge < -0.3 is 0 Å². The maximum atomic E-state index is 13.0. The summed E-state index contributed by atoms with van der Waals surface area (Å²) in [6.45, 7) is 0. The molecule has 2 aliphatic rings. The number of hydrogen-bond donors (Lipinski definition) is 0. The minimum absolute atomic E-state index is 0.230. The predicted molar refractivity (Wildman–Crippen MR) is 92.4 cm³/mol. The van der Waals surface area contributed by atoms with Crippen molar-refractivity contribution in [3.8, 4) is 0 Å². The van der Waals surface area contributed by atoms with Crippen molar-refractivity contribution >= 4 is 27.3 Å². The summed E-state index contributed by atoms with van der Waals surface area (Å²) in [5.41, 5.74) is 0.447. The Balaban J connectivity index is 1.83. The number of amides is 2. The fraction of sp³-hybridized carbons (Fsp3) is 0.556. The zero-order valence-corrected chi connectivity index (χ0v) is 14.5. The van der Waals surface area contributed by atoms with Crippen LogP contribution in [-0.4, -0.2) is 30.7 Å². The Morgan fingerprint density at radius 1 is 0.875 bits per heavy atom. The fourth-order valence-corrected chi connectivity index (χ4v) is 5.90. The molecule has 0 N–H and O–H groups in total. The van der Waals surface area contributed by atoms with Crippen molar-refractivity contribution in [2.24, 2.45) is 0 Å². The minimum Gasteiger partial charge on any atom is -0.274 e. The van der Waals surface area contributed by atoms with Gasteiger partial charge in [0.05, 0.1) is 17.4 Å². The van der Waals surface area contributed by atoms with E-state index in [1.54, 1.807) is 30.3 Å². The van der Waals surface area contributed by atoms with Crippen LogP contribution in [0.4, 0.5) is 5.69 Å². The molecule has 130 valence electrons. The molecule has 0 bridgehead atoms. The molecule has 5 nitrogen and oxygen atoms in total. The molecule has 1 aliphatic carbocycles. The zero-order chi connectivity index (χ0) is 17.2. The maximum Gasteiger partial charge on any atom is 0.252 e. The molecule has 2 fully saturated rings. The van der Waals surface area contributed by atoms with Gasteiger partial charge >= 0.3 is 0 Å². The van der Waals surface area contributed by atoms with Crippen LogP contribution in [0.3, 0.4) is 0 Å². The lowest BCUT2D eigenvalue weighted by atomic mass is 10.0. The Kier molecular flexibility index (Phi) is 5.04. The number of nitrogens with zero attached hydrogens (tertiary/aromatic N) is 1. The molecule has 0 aromatic heterocycles. The van der Waals surface area contributed by atoms with Gasteiger partial charge in [0, 0.05) is 0 Å². The number of anilines is 1. The Hall–Kier alpha value is -1.69. The van der Waals surface area contributed by atoms with E-state index in [4.69, 9.17) is 0 Å². The summed E-state index contributed by atoms with van der Waals surface area (Å²) in [6, 6.07) is 8.55. The van der Waals surface area contributed by atoms with E-state index in [2.05, 4.69) is 0 Å². The molecule has 1 atom stereocenters. The lowest BCUT2D eigenvalue weighted by Gasteiger charge is -2.22. The Bertz CT molecular complexity index is 706. The van der Waals surface area contributed by atoms with Gasteiger partial charge in [-0.2, -0.15) is 0 Å². The maximum absolute atomic E-state index is 13.0. The van der Waals surface area contributed by atoms with E-state index >= 15 is 0 Å². The predicted octanol–water partition coefficient (Wildman–Crippen LogP) is 2.85. The van der Waals surface area contributed by atoms with Crippen molar-refractivity contribution in [1.82, 2.24) is 0 Å². The monoisotopic (exact) mass is 349 g/mol. The van der Waals surface area contributed by atoms with Crippen LogP contribution in [0.2, 0.25) is 0 Å². The molecular weight excluding hydrogens is 326 g/mol. The topological polar surface area (TPSA) is 71.5 Å². The second kappa shape index (κ2) is 7.05. The average molecular weight is 349 g/mol. The lowest BCUT2D eigenvalue weighted by molar-refractivity contribution is -0.121. The lowest BCUT2D eigenvalue weighted by Crippen LogP contribution is -2.39. The molecule has 1 aromatic rings. The van der Waals surface area contributed by atoms with E-state index in [0.29, 0.717) is 18.5 Å². The summed E-state index contributed by atoms with van der Waals surface area (Å²) < 4.78 is 26.0. The Morgan fingerprint density at radius 2 is 1.46 bits per heavy atom. The largest absolute Gasteiger partial charge is 0.274 e. The molecule has 0 spiro atoms. The summed E-state index contributed by atoms with van der Waals surface area (Å²) in [4.78, 5) is 26.0. The van der Waals surface area contributed by atoms with Gasteiger partial charge in [-0.25, -0.2) is 13.3 Å². The van der Waals surface area contributed by atoms with Crippen LogP contribution in [0.15, 0.2) is 30.3 Å². The van der Waals surface area contributed by atoms with Gasteiger partial charge in [0.25, 0.3) is 5.91 Å². The van der Waals surface area contributed by atoms with Crippen LogP contribution < -0.4 is 4.90 Å². The summed E-state index contributed by atoms with van der Waals surface area (Å²) in [6.07, 6.45) is 5.96. The first-order valence-electron chi connectivity index (χ1n) is 8.66. The molecule has 1 saturated carbocycles. The van der Waals surface area contributed by atoms with Crippen molar-refractivity contribution in [1.29, 1.82) is 0 Å². The number of imide groups is 1. The summed E-state index contributed by atoms with van der Waals surface area (Å²) >= 11 is 0. The number of sulfone groups is 1. The third-order valence-corrected chi connectivity index (χ3v) is 7.60. The molecule has 1 unspecified atom stereocenters. The first kappa shape index (κ1) is 17.1. The van der Waals surface area contributed by atoms with Crippen molar-refractivity contribution in [2.45, 2.75) is 61.9 Å². The third kappa shape index (κ3) is 3.24. The van der Waals surface area contributed by atoms with Crippen LogP contribution in [0.5, 0.6) is 0 Å². The SMILES string of the molecule is O=C1CC(S(=O)(=O)C2CCCCCCC2)C(=O)N1c1ccccc1. The highest BCUT2D eigenvalue weighted by Crippen LogP contribution is 2.32. The fourth-order valence-electron chi connectivity index (χ4n) is 3.69. The van der Waals surface area contributed by atoms with Gasteiger partial charge in [-0.1, -0.05) is 50.3 Å². The normalized spacial score (nSPS) is 24.0. The molecule has 0 radical (unpaired) electrons. The number of carbonyl (C=O) groups excluding carboxylic acids is 2. The van der Waals surface area contributed by atoms with E-state index in [-0.39, 0.29) is 6.42 Å². The second-order valence-electron chi connectivity index (χ2n) is 6.65. The minimum atomic E-state index is -3.64. The van der Waals surface area contributed by atoms with E-state index < -0.39 is 32.2 Å². The third-order valence-electron chi connectivity index (χ3n) is 5.03. The van der Waals surface area contributed by atoms with E-state index in [1.165, 1.54) is 0 Å². The standard InChI is InChI=1S/C18H23NO4S/c20-17-13-16(18(21)19(17)14-9-5-4-6-10-14)24(22,23)15-11-7-2-1-3-8-12-15/h4-6,9-10,15-16H,1-3,7-8,11-13H2. The molecule has 3 rings (SSSR count). The van der Waals surface area contributed by atoms with Crippen molar-refractivity contribution in [3.63, 3.8) is 0 Å². The van der Waals surface area contributed by atoms with E-state index in [0.717, 1.165) is 37.0 Å². The number of hydrogen-bond acceptors (Lipinski definition) is 4. The highest BCUT2D eigenvalue weighted by molar-refractivity contribution is 7.93. The molecule has 1 saturated heterocycles. The first-order chi connectivity index (χ1) is 11.5. The van der Waals surface area contributed by atoms with Crippen LogP contribution in [0.1, 0.15) is 51.4 Å². The number of carbonyl (C=O) groups is 2. The van der Waals surface area contributed by atoms with Crippen LogP contribution in [-0.2, 0) is 19.4 Å². The van der Waals surface area contributed by atoms with E-state index in [1.807, 2.05) is 0 Å². The number of para-hydroxylation sites is 1. The van der Waals surface area contributed by atoms with Gasteiger partial charge in [-0.3, -0.25) is 9.59 Å². The summed E-state index contributed by atoms with van der Waals surface area (Å²) in [7, 11) is -3.64. The van der Waals surface area contributed by atoms with Gasteiger partial charge in [-0.15, -0.1) is 0 Å². The van der Waals surface area contributed by atoms with Crippen LogP contribution in [0.25, 0.3) is 0 Å². The van der Waals surface area contributed by atoms with Gasteiger partial charge in [0.1, 0.15) is 5.25 Å². The number of benzene rings is 1. The molecule has 24 heavy (non-hydrogen) atoms. The smallest absolute Gasteiger partial charge is 0.252 e. The molecule has 1 aromatic carbocycles. The molecule has 6 heteroatoms. The van der Waals surface area contributed by atoms with Crippen molar-refractivity contribution in [3.05, 3.63) is 30.3 Å². The molecule has 1 aliphatic heterocycles. The van der Waals surface area contributed by atoms with Gasteiger partial charge in [0.2, 0.25) is 5.91 Å². The first-order valence-corrected chi connectivity index (χ1v) is 10.3. The molecular formula is C18H23NO4S. The van der Waals surface area contributed by atoms with Crippen LogP contribution >= 0.6 is 0 Å². The van der Waals surface area contributed by atoms with Crippen molar-refractivity contribution in [2.75, 3.05) is 4.90 Å². The zero-order valence-electron chi connectivity index (χ0n) is 13.7. The van der Waals surface area contributed by atoms with Gasteiger partial charge in [-0.05, 0) is 25.0 Å². The number of rotatable bonds is 3. The highest BCUT2D eigenvalue weighted by atomic mass is 32.2. The second-order valence-corrected chi connectivity index (χ2v) is 9.07. The molecule has 2 amide bonds. The van der Waals surface area contributed by atoms with Gasteiger partial charge in [0.15, 0.2) is 9.84 Å².